The van der Waals surface area contributed by atoms with Crippen LogP contribution in [0.15, 0.2) is 28.7 Å². The summed E-state index contributed by atoms with van der Waals surface area (Å²) in [6.45, 7) is 2.36. The number of halogens is 1. The van der Waals surface area contributed by atoms with Gasteiger partial charge in [0.25, 0.3) is 0 Å². The van der Waals surface area contributed by atoms with Crippen molar-refractivity contribution in [2.45, 2.75) is 51.5 Å². The van der Waals surface area contributed by atoms with Crippen molar-refractivity contribution in [3.8, 4) is 0 Å². The number of hydrogen-bond acceptors (Lipinski definition) is 1. The Hall–Kier alpha value is -0.340. The molecule has 19 heavy (non-hydrogen) atoms. The molecule has 0 aliphatic heterocycles. The minimum Gasteiger partial charge on any atom is -0.316 e. The molecule has 0 heterocycles. The number of benzene rings is 1. The summed E-state index contributed by atoms with van der Waals surface area (Å²) >= 11 is 3.51. The van der Waals surface area contributed by atoms with Crippen molar-refractivity contribution < 1.29 is 0 Å². The zero-order valence-electron chi connectivity index (χ0n) is 12.2. The minimum absolute atomic E-state index is 0.631. The van der Waals surface area contributed by atoms with Crippen LogP contribution in [0, 0.1) is 11.8 Å². The Balaban J connectivity index is 2.04. The van der Waals surface area contributed by atoms with Gasteiger partial charge in [0, 0.05) is 10.5 Å². The summed E-state index contributed by atoms with van der Waals surface area (Å²) in [5, 5.41) is 3.59. The van der Waals surface area contributed by atoms with Crippen LogP contribution in [-0.4, -0.2) is 13.1 Å². The Morgan fingerprint density at radius 2 is 1.89 bits per heavy atom. The Morgan fingerprint density at radius 1 is 1.21 bits per heavy atom. The first-order valence-electron chi connectivity index (χ1n) is 7.66. The lowest BCUT2D eigenvalue weighted by atomic mass is 9.73. The summed E-state index contributed by atoms with van der Waals surface area (Å²) in [6, 6.07) is 9.43. The lowest BCUT2D eigenvalue weighted by Gasteiger charge is -2.37. The molecule has 1 aromatic carbocycles. The van der Waals surface area contributed by atoms with Gasteiger partial charge in [-0.15, -0.1) is 0 Å². The first-order valence-corrected chi connectivity index (χ1v) is 8.45. The smallest absolute Gasteiger partial charge is 0.0175 e. The van der Waals surface area contributed by atoms with E-state index in [-0.39, 0.29) is 0 Å². The maximum Gasteiger partial charge on any atom is 0.0175 e. The fourth-order valence-corrected chi connectivity index (χ4v) is 3.88. The first kappa shape index (κ1) is 15.1. The average Bonchev–Trinajstić information content (AvgIpc) is 2.46. The van der Waals surface area contributed by atoms with Gasteiger partial charge in [0.15, 0.2) is 0 Å². The SMILES string of the molecule is CCC1CCCCC1C(Cc1ccc(Br)cc1)NC. The normalized spacial score (nSPS) is 25.2. The van der Waals surface area contributed by atoms with Crippen LogP contribution in [0.1, 0.15) is 44.6 Å². The molecule has 3 atom stereocenters. The highest BCUT2D eigenvalue weighted by atomic mass is 79.9. The molecule has 1 aliphatic carbocycles. The summed E-state index contributed by atoms with van der Waals surface area (Å²) in [4.78, 5) is 0. The molecule has 1 aromatic rings. The van der Waals surface area contributed by atoms with Gasteiger partial charge in [-0.05, 0) is 49.4 Å². The van der Waals surface area contributed by atoms with Gasteiger partial charge in [0.1, 0.15) is 0 Å². The van der Waals surface area contributed by atoms with Crippen molar-refractivity contribution in [3.05, 3.63) is 34.3 Å². The second-order valence-electron chi connectivity index (χ2n) is 5.84. The van der Waals surface area contributed by atoms with Crippen LogP contribution < -0.4 is 5.32 Å². The van der Waals surface area contributed by atoms with Crippen LogP contribution >= 0.6 is 15.9 Å². The van der Waals surface area contributed by atoms with Gasteiger partial charge < -0.3 is 5.32 Å². The predicted molar refractivity (Wildman–Crippen MR) is 86.4 cm³/mol. The molecule has 0 bridgehead atoms. The van der Waals surface area contributed by atoms with Gasteiger partial charge >= 0.3 is 0 Å². The molecule has 2 rings (SSSR count). The molecule has 0 spiro atoms. The van der Waals surface area contributed by atoms with Crippen molar-refractivity contribution in [3.63, 3.8) is 0 Å². The molecule has 1 saturated carbocycles. The number of nitrogens with one attached hydrogen (secondary N) is 1. The van der Waals surface area contributed by atoms with E-state index in [0.29, 0.717) is 6.04 Å². The third-order valence-electron chi connectivity index (χ3n) is 4.75. The second-order valence-corrected chi connectivity index (χ2v) is 6.76. The number of likely N-dealkylation sites (N-methyl/N-ethyl adjacent to an activating group) is 1. The van der Waals surface area contributed by atoms with E-state index in [4.69, 9.17) is 0 Å². The van der Waals surface area contributed by atoms with Gasteiger partial charge in [0.2, 0.25) is 0 Å². The van der Waals surface area contributed by atoms with Crippen LogP contribution in [-0.2, 0) is 6.42 Å². The van der Waals surface area contributed by atoms with E-state index in [9.17, 15) is 0 Å². The second kappa shape index (κ2) is 7.44. The van der Waals surface area contributed by atoms with Crippen LogP contribution in [0.25, 0.3) is 0 Å². The predicted octanol–water partition coefficient (Wildman–Crippen LogP) is 4.80. The fraction of sp³-hybridized carbons (Fsp3) is 0.647. The van der Waals surface area contributed by atoms with E-state index in [1.807, 2.05) is 0 Å². The summed E-state index contributed by atoms with van der Waals surface area (Å²) in [6.07, 6.45) is 8.18. The summed E-state index contributed by atoms with van der Waals surface area (Å²) in [5.41, 5.74) is 1.45. The Labute approximate surface area is 126 Å². The summed E-state index contributed by atoms with van der Waals surface area (Å²) < 4.78 is 1.17. The van der Waals surface area contributed by atoms with E-state index in [1.165, 1.54) is 42.1 Å². The molecule has 0 aromatic heterocycles. The molecule has 1 N–H and O–H groups in total. The molecule has 1 aliphatic rings. The highest BCUT2D eigenvalue weighted by Crippen LogP contribution is 2.35. The Kier molecular flexibility index (Phi) is 5.90. The van der Waals surface area contributed by atoms with Crippen LogP contribution in [0.5, 0.6) is 0 Å². The van der Waals surface area contributed by atoms with Crippen molar-refractivity contribution in [2.24, 2.45) is 11.8 Å². The monoisotopic (exact) mass is 323 g/mol. The van der Waals surface area contributed by atoms with E-state index in [2.05, 4.69) is 59.5 Å². The maximum absolute atomic E-state index is 3.59. The molecule has 106 valence electrons. The van der Waals surface area contributed by atoms with Crippen molar-refractivity contribution in [2.75, 3.05) is 7.05 Å². The third kappa shape index (κ3) is 4.06. The van der Waals surface area contributed by atoms with E-state index >= 15 is 0 Å². The molecule has 1 fully saturated rings. The van der Waals surface area contributed by atoms with Crippen molar-refractivity contribution in [1.29, 1.82) is 0 Å². The van der Waals surface area contributed by atoms with E-state index < -0.39 is 0 Å². The summed E-state index contributed by atoms with van der Waals surface area (Å²) in [5.74, 6) is 1.77. The number of rotatable bonds is 5. The fourth-order valence-electron chi connectivity index (χ4n) is 3.61. The molecule has 3 unspecified atom stereocenters. The highest BCUT2D eigenvalue weighted by molar-refractivity contribution is 9.10. The van der Waals surface area contributed by atoms with Gasteiger partial charge in [-0.3, -0.25) is 0 Å². The Bertz CT molecular complexity index is 373. The molecular weight excluding hydrogens is 298 g/mol. The largest absolute Gasteiger partial charge is 0.316 e. The minimum atomic E-state index is 0.631. The lowest BCUT2D eigenvalue weighted by Crippen LogP contribution is -2.40. The molecule has 0 radical (unpaired) electrons. The molecule has 1 nitrogen and oxygen atoms in total. The molecule has 2 heteroatoms. The zero-order valence-corrected chi connectivity index (χ0v) is 13.7. The van der Waals surface area contributed by atoms with Crippen molar-refractivity contribution in [1.82, 2.24) is 5.32 Å². The molecule has 0 amide bonds. The van der Waals surface area contributed by atoms with Gasteiger partial charge in [-0.2, -0.15) is 0 Å². The lowest BCUT2D eigenvalue weighted by molar-refractivity contribution is 0.179. The quantitative estimate of drug-likeness (QED) is 0.821. The molecular formula is C17H26BrN. The van der Waals surface area contributed by atoms with Gasteiger partial charge in [-0.1, -0.05) is 60.7 Å². The van der Waals surface area contributed by atoms with E-state index in [0.717, 1.165) is 18.3 Å². The van der Waals surface area contributed by atoms with Crippen LogP contribution in [0.3, 0.4) is 0 Å². The first-order chi connectivity index (χ1) is 9.24. The third-order valence-corrected chi connectivity index (χ3v) is 5.28. The Morgan fingerprint density at radius 3 is 2.53 bits per heavy atom. The van der Waals surface area contributed by atoms with Crippen LogP contribution in [0.2, 0.25) is 0 Å². The average molecular weight is 324 g/mol. The standard InChI is InChI=1S/C17H26BrN/c1-3-14-6-4-5-7-16(14)17(19-2)12-13-8-10-15(18)11-9-13/h8-11,14,16-17,19H,3-7,12H2,1-2H3. The van der Waals surface area contributed by atoms with Crippen LogP contribution in [0.4, 0.5) is 0 Å². The van der Waals surface area contributed by atoms with E-state index in [1.54, 1.807) is 0 Å². The zero-order chi connectivity index (χ0) is 13.7. The number of hydrogen-bond donors (Lipinski definition) is 1. The van der Waals surface area contributed by atoms with Gasteiger partial charge in [0.05, 0.1) is 0 Å². The maximum atomic E-state index is 3.59. The topological polar surface area (TPSA) is 12.0 Å². The van der Waals surface area contributed by atoms with Crippen molar-refractivity contribution >= 4 is 15.9 Å². The highest BCUT2D eigenvalue weighted by Gasteiger charge is 2.29. The summed E-state index contributed by atoms with van der Waals surface area (Å²) in [7, 11) is 2.13. The van der Waals surface area contributed by atoms with Gasteiger partial charge in [-0.25, -0.2) is 0 Å². The molecule has 0 saturated heterocycles.